The average molecular weight is 238 g/mol. The molecular formula is C9H10N4O2S. The van der Waals surface area contributed by atoms with Crippen molar-refractivity contribution in [1.82, 2.24) is 19.5 Å². The van der Waals surface area contributed by atoms with Crippen LogP contribution in [0.4, 0.5) is 0 Å². The Hall–Kier alpha value is -1.63. The van der Waals surface area contributed by atoms with Crippen LogP contribution in [0.15, 0.2) is 17.7 Å². The molecule has 84 valence electrons. The van der Waals surface area contributed by atoms with E-state index in [-0.39, 0.29) is 5.75 Å². The number of fused-ring (bicyclic) bond motifs is 1. The summed E-state index contributed by atoms with van der Waals surface area (Å²) in [7, 11) is 0. The van der Waals surface area contributed by atoms with Gasteiger partial charge in [0.25, 0.3) is 0 Å². The zero-order chi connectivity index (χ0) is 11.5. The normalized spacial score (nSPS) is 10.8. The van der Waals surface area contributed by atoms with Crippen LogP contribution >= 0.6 is 11.8 Å². The summed E-state index contributed by atoms with van der Waals surface area (Å²) in [6.07, 6.45) is 3.12. The molecule has 2 aromatic rings. The predicted molar refractivity (Wildman–Crippen MR) is 59.4 cm³/mol. The van der Waals surface area contributed by atoms with Gasteiger partial charge in [0.15, 0.2) is 5.65 Å². The number of aromatic nitrogens is 4. The number of carboxylic acid groups (broad SMARTS) is 1. The smallest absolute Gasteiger partial charge is 0.313 e. The summed E-state index contributed by atoms with van der Waals surface area (Å²) in [4.78, 5) is 22.8. The van der Waals surface area contributed by atoms with Crippen molar-refractivity contribution in [3.63, 3.8) is 0 Å². The van der Waals surface area contributed by atoms with Gasteiger partial charge in [-0.15, -0.1) is 0 Å². The van der Waals surface area contributed by atoms with Gasteiger partial charge in [0.05, 0.1) is 12.1 Å². The highest BCUT2D eigenvalue weighted by Gasteiger charge is 2.10. The van der Waals surface area contributed by atoms with Gasteiger partial charge >= 0.3 is 5.97 Å². The molecule has 0 saturated heterocycles. The van der Waals surface area contributed by atoms with E-state index in [1.165, 1.54) is 6.33 Å². The van der Waals surface area contributed by atoms with Crippen molar-refractivity contribution in [3.8, 4) is 0 Å². The molecule has 0 unspecified atom stereocenters. The van der Waals surface area contributed by atoms with Gasteiger partial charge in [0, 0.05) is 6.54 Å². The van der Waals surface area contributed by atoms with E-state index in [0.717, 1.165) is 24.0 Å². The lowest BCUT2D eigenvalue weighted by atomic mass is 10.5. The molecule has 0 aliphatic heterocycles. The van der Waals surface area contributed by atoms with Crippen molar-refractivity contribution >= 4 is 28.9 Å². The summed E-state index contributed by atoms with van der Waals surface area (Å²) < 4.78 is 1.89. The van der Waals surface area contributed by atoms with E-state index in [4.69, 9.17) is 5.11 Å². The highest BCUT2D eigenvalue weighted by molar-refractivity contribution is 8.00. The van der Waals surface area contributed by atoms with Crippen molar-refractivity contribution in [2.24, 2.45) is 0 Å². The molecule has 0 aliphatic carbocycles. The standard InChI is InChI=1S/C9H10N4O2S/c1-2-13-5-12-7-8(13)10-4-11-9(7)16-3-6(14)15/h4-5H,2-3H2,1H3,(H,14,15). The van der Waals surface area contributed by atoms with Crippen molar-refractivity contribution in [2.45, 2.75) is 18.5 Å². The van der Waals surface area contributed by atoms with Crippen LogP contribution in [0.3, 0.4) is 0 Å². The monoisotopic (exact) mass is 238 g/mol. The number of hydrogen-bond acceptors (Lipinski definition) is 5. The summed E-state index contributed by atoms with van der Waals surface area (Å²) in [5, 5.41) is 9.22. The number of carboxylic acids is 1. The maximum Gasteiger partial charge on any atom is 0.313 e. The molecular weight excluding hydrogens is 228 g/mol. The zero-order valence-electron chi connectivity index (χ0n) is 8.62. The SMILES string of the molecule is CCn1cnc2c(SCC(=O)O)ncnc21. The molecule has 2 aromatic heterocycles. The van der Waals surface area contributed by atoms with Crippen LogP contribution < -0.4 is 0 Å². The highest BCUT2D eigenvalue weighted by atomic mass is 32.2. The van der Waals surface area contributed by atoms with Gasteiger partial charge in [-0.25, -0.2) is 15.0 Å². The Labute approximate surface area is 95.7 Å². The Morgan fingerprint density at radius 1 is 1.50 bits per heavy atom. The molecule has 0 bridgehead atoms. The predicted octanol–water partition coefficient (Wildman–Crippen LogP) is 1.02. The topological polar surface area (TPSA) is 80.9 Å². The van der Waals surface area contributed by atoms with Crippen molar-refractivity contribution in [2.75, 3.05) is 5.75 Å². The van der Waals surface area contributed by atoms with Gasteiger partial charge in [-0.2, -0.15) is 0 Å². The molecule has 0 spiro atoms. The fraction of sp³-hybridized carbons (Fsp3) is 0.333. The van der Waals surface area contributed by atoms with E-state index in [1.54, 1.807) is 6.33 Å². The Morgan fingerprint density at radius 2 is 2.31 bits per heavy atom. The van der Waals surface area contributed by atoms with Crippen molar-refractivity contribution < 1.29 is 9.90 Å². The van der Waals surface area contributed by atoms with Crippen LogP contribution in [-0.2, 0) is 11.3 Å². The minimum atomic E-state index is -0.869. The second kappa shape index (κ2) is 4.48. The summed E-state index contributed by atoms with van der Waals surface area (Å²) in [5.41, 5.74) is 1.40. The zero-order valence-corrected chi connectivity index (χ0v) is 9.44. The van der Waals surface area contributed by atoms with Crippen LogP contribution in [-0.4, -0.2) is 36.3 Å². The Kier molecular flexibility index (Phi) is 3.04. The molecule has 16 heavy (non-hydrogen) atoms. The van der Waals surface area contributed by atoms with Crippen LogP contribution in [0.25, 0.3) is 11.2 Å². The number of aliphatic carboxylic acids is 1. The van der Waals surface area contributed by atoms with Crippen LogP contribution in [0.5, 0.6) is 0 Å². The molecule has 0 radical (unpaired) electrons. The first kappa shape index (κ1) is 10.9. The second-order valence-corrected chi connectivity index (χ2v) is 4.03. The van der Waals surface area contributed by atoms with Crippen LogP contribution in [0.2, 0.25) is 0 Å². The third-order valence-corrected chi connectivity index (χ3v) is 3.00. The molecule has 0 aliphatic rings. The van der Waals surface area contributed by atoms with E-state index in [9.17, 15) is 4.79 Å². The Balaban J connectivity index is 2.38. The lowest BCUT2D eigenvalue weighted by Gasteiger charge is -2.00. The minimum absolute atomic E-state index is 0.0227. The quantitative estimate of drug-likeness (QED) is 0.632. The molecule has 0 amide bonds. The Morgan fingerprint density at radius 3 is 3.00 bits per heavy atom. The number of hydrogen-bond donors (Lipinski definition) is 1. The molecule has 2 heterocycles. The number of aryl methyl sites for hydroxylation is 1. The first-order valence-electron chi connectivity index (χ1n) is 4.72. The molecule has 0 aromatic carbocycles. The maximum atomic E-state index is 10.5. The van der Waals surface area contributed by atoms with E-state index in [0.29, 0.717) is 10.5 Å². The van der Waals surface area contributed by atoms with E-state index in [2.05, 4.69) is 15.0 Å². The van der Waals surface area contributed by atoms with Gasteiger partial charge in [-0.1, -0.05) is 11.8 Å². The summed E-state index contributed by atoms with van der Waals surface area (Å²) in [6, 6.07) is 0. The van der Waals surface area contributed by atoms with Crippen LogP contribution in [0, 0.1) is 0 Å². The number of imidazole rings is 1. The molecule has 1 N–H and O–H groups in total. The highest BCUT2D eigenvalue weighted by Crippen LogP contribution is 2.22. The summed E-state index contributed by atoms with van der Waals surface area (Å²) in [6.45, 7) is 2.77. The van der Waals surface area contributed by atoms with Gasteiger partial charge in [0.2, 0.25) is 0 Å². The summed E-state index contributed by atoms with van der Waals surface area (Å²) >= 11 is 1.16. The maximum absolute atomic E-state index is 10.5. The van der Waals surface area contributed by atoms with Gasteiger partial charge < -0.3 is 9.67 Å². The lowest BCUT2D eigenvalue weighted by molar-refractivity contribution is -0.133. The number of carbonyl (C=O) groups is 1. The van der Waals surface area contributed by atoms with E-state index >= 15 is 0 Å². The summed E-state index contributed by atoms with van der Waals surface area (Å²) in [5.74, 6) is -0.892. The van der Waals surface area contributed by atoms with Crippen LogP contribution in [0.1, 0.15) is 6.92 Å². The lowest BCUT2D eigenvalue weighted by Crippen LogP contribution is -1.99. The molecule has 6 nitrogen and oxygen atoms in total. The first-order chi connectivity index (χ1) is 7.72. The van der Waals surface area contributed by atoms with Gasteiger partial charge in [-0.3, -0.25) is 4.79 Å². The molecule has 7 heteroatoms. The van der Waals surface area contributed by atoms with E-state index < -0.39 is 5.97 Å². The number of rotatable bonds is 4. The minimum Gasteiger partial charge on any atom is -0.481 e. The molecule has 0 saturated carbocycles. The van der Waals surface area contributed by atoms with Gasteiger partial charge in [-0.05, 0) is 6.92 Å². The van der Waals surface area contributed by atoms with Crippen molar-refractivity contribution in [1.29, 1.82) is 0 Å². The fourth-order valence-corrected chi connectivity index (χ4v) is 1.99. The second-order valence-electron chi connectivity index (χ2n) is 3.06. The first-order valence-corrected chi connectivity index (χ1v) is 5.71. The molecule has 0 atom stereocenters. The Bertz CT molecular complexity index is 525. The third kappa shape index (κ3) is 1.99. The largest absolute Gasteiger partial charge is 0.481 e. The molecule has 0 fully saturated rings. The average Bonchev–Trinajstić information content (AvgIpc) is 2.69. The molecule has 2 rings (SSSR count). The number of thioether (sulfide) groups is 1. The van der Waals surface area contributed by atoms with E-state index in [1.807, 2.05) is 11.5 Å². The van der Waals surface area contributed by atoms with Gasteiger partial charge in [0.1, 0.15) is 16.9 Å². The van der Waals surface area contributed by atoms with Crippen molar-refractivity contribution in [3.05, 3.63) is 12.7 Å². The fourth-order valence-electron chi connectivity index (χ4n) is 1.33. The number of nitrogens with zero attached hydrogens (tertiary/aromatic N) is 4. The third-order valence-electron chi connectivity index (χ3n) is 2.04.